The smallest absolute Gasteiger partial charge is 0.252 e. The molecule has 0 radical (unpaired) electrons. The van der Waals surface area contributed by atoms with E-state index in [9.17, 15) is 4.79 Å². The molecule has 9 heteroatoms. The summed E-state index contributed by atoms with van der Waals surface area (Å²) in [6, 6.07) is 18.8. The monoisotopic (exact) mass is 479 g/mol. The molecule has 1 aromatic heterocycles. The van der Waals surface area contributed by atoms with Gasteiger partial charge in [0.05, 0.1) is 21.3 Å². The standard InChI is InChI=1S/C25H22ClN3O5/c1-31-19-13-16(14-20(32-2)22(19)33-3)23(30)27-21(17-11-7-8-12-18(17)26)25-29-28-24(34-25)15-9-5-4-6-10-15/h4-14,21H,1-3H3,(H,27,30). The van der Waals surface area contributed by atoms with Crippen LogP contribution in [0.4, 0.5) is 0 Å². The second kappa shape index (κ2) is 10.3. The molecule has 1 heterocycles. The van der Waals surface area contributed by atoms with Crippen LogP contribution in [0.2, 0.25) is 5.02 Å². The van der Waals surface area contributed by atoms with Crippen LogP contribution >= 0.6 is 11.6 Å². The molecule has 0 fully saturated rings. The Labute approximate surface area is 201 Å². The fourth-order valence-corrected chi connectivity index (χ4v) is 3.70. The number of carbonyl (C=O) groups excluding carboxylic acids is 1. The van der Waals surface area contributed by atoms with Crippen molar-refractivity contribution in [3.63, 3.8) is 0 Å². The van der Waals surface area contributed by atoms with Gasteiger partial charge in [0.2, 0.25) is 17.5 Å². The maximum Gasteiger partial charge on any atom is 0.252 e. The van der Waals surface area contributed by atoms with E-state index in [1.807, 2.05) is 36.4 Å². The normalized spacial score (nSPS) is 11.5. The van der Waals surface area contributed by atoms with Crippen LogP contribution in [0.5, 0.6) is 17.2 Å². The van der Waals surface area contributed by atoms with Crippen molar-refractivity contribution in [3.8, 4) is 28.7 Å². The SMILES string of the molecule is COc1cc(C(=O)NC(c2nnc(-c3ccccc3)o2)c2ccccc2Cl)cc(OC)c1OC. The third-order valence-electron chi connectivity index (χ3n) is 5.13. The van der Waals surface area contributed by atoms with E-state index in [0.29, 0.717) is 33.7 Å². The van der Waals surface area contributed by atoms with E-state index in [1.165, 1.54) is 21.3 Å². The third kappa shape index (κ3) is 4.67. The van der Waals surface area contributed by atoms with E-state index < -0.39 is 11.9 Å². The van der Waals surface area contributed by atoms with Crippen LogP contribution in [-0.4, -0.2) is 37.4 Å². The zero-order chi connectivity index (χ0) is 24.1. The molecule has 0 aliphatic rings. The molecular weight excluding hydrogens is 458 g/mol. The molecule has 174 valence electrons. The van der Waals surface area contributed by atoms with Gasteiger partial charge in [-0.1, -0.05) is 48.0 Å². The molecule has 4 rings (SSSR count). The first-order valence-electron chi connectivity index (χ1n) is 10.3. The molecular formula is C25H22ClN3O5. The number of benzene rings is 3. The van der Waals surface area contributed by atoms with Crippen LogP contribution in [0, 0.1) is 0 Å². The number of aromatic nitrogens is 2. The fourth-order valence-electron chi connectivity index (χ4n) is 3.46. The predicted octanol–water partition coefficient (Wildman–Crippen LogP) is 4.94. The molecule has 0 aliphatic carbocycles. The first kappa shape index (κ1) is 23.1. The molecule has 1 unspecified atom stereocenters. The van der Waals surface area contributed by atoms with Gasteiger partial charge in [-0.05, 0) is 30.3 Å². The van der Waals surface area contributed by atoms with Crippen LogP contribution in [0.3, 0.4) is 0 Å². The lowest BCUT2D eigenvalue weighted by Crippen LogP contribution is -2.30. The number of rotatable bonds is 8. The lowest BCUT2D eigenvalue weighted by molar-refractivity contribution is 0.0937. The molecule has 3 aromatic carbocycles. The van der Waals surface area contributed by atoms with E-state index in [0.717, 1.165) is 5.56 Å². The topological polar surface area (TPSA) is 95.7 Å². The predicted molar refractivity (Wildman–Crippen MR) is 127 cm³/mol. The molecule has 0 saturated carbocycles. The van der Waals surface area contributed by atoms with Gasteiger partial charge in [-0.3, -0.25) is 4.79 Å². The second-order valence-electron chi connectivity index (χ2n) is 7.15. The number of nitrogens with zero attached hydrogens (tertiary/aromatic N) is 2. The molecule has 1 N–H and O–H groups in total. The Morgan fingerprint density at radius 1 is 0.912 bits per heavy atom. The van der Waals surface area contributed by atoms with E-state index in [-0.39, 0.29) is 11.5 Å². The van der Waals surface area contributed by atoms with Crippen molar-refractivity contribution < 1.29 is 23.4 Å². The van der Waals surface area contributed by atoms with Crippen LogP contribution in [0.25, 0.3) is 11.5 Å². The molecule has 0 aliphatic heterocycles. The number of methoxy groups -OCH3 is 3. The third-order valence-corrected chi connectivity index (χ3v) is 5.47. The lowest BCUT2D eigenvalue weighted by atomic mass is 10.1. The van der Waals surface area contributed by atoms with E-state index in [1.54, 1.807) is 30.3 Å². The van der Waals surface area contributed by atoms with Crippen molar-refractivity contribution in [2.75, 3.05) is 21.3 Å². The van der Waals surface area contributed by atoms with Gasteiger partial charge in [-0.15, -0.1) is 10.2 Å². The highest BCUT2D eigenvalue weighted by Gasteiger charge is 2.27. The van der Waals surface area contributed by atoms with E-state index in [2.05, 4.69) is 15.5 Å². The number of hydrogen-bond donors (Lipinski definition) is 1. The summed E-state index contributed by atoms with van der Waals surface area (Å²) in [5, 5.41) is 11.7. The average Bonchev–Trinajstić information content (AvgIpc) is 3.37. The summed E-state index contributed by atoms with van der Waals surface area (Å²) >= 11 is 6.46. The maximum absolute atomic E-state index is 13.3. The molecule has 4 aromatic rings. The number of nitrogens with one attached hydrogen (secondary N) is 1. The summed E-state index contributed by atoms with van der Waals surface area (Å²) < 4.78 is 22.0. The summed E-state index contributed by atoms with van der Waals surface area (Å²) in [6.45, 7) is 0. The van der Waals surface area contributed by atoms with E-state index >= 15 is 0 Å². The highest BCUT2D eigenvalue weighted by atomic mass is 35.5. The zero-order valence-corrected chi connectivity index (χ0v) is 19.5. The van der Waals surface area contributed by atoms with Crippen LogP contribution < -0.4 is 19.5 Å². The lowest BCUT2D eigenvalue weighted by Gasteiger charge is -2.18. The summed E-state index contributed by atoms with van der Waals surface area (Å²) in [4.78, 5) is 13.3. The number of hydrogen-bond acceptors (Lipinski definition) is 7. The molecule has 0 spiro atoms. The van der Waals surface area contributed by atoms with Gasteiger partial charge in [0.25, 0.3) is 5.91 Å². The van der Waals surface area contributed by atoms with E-state index in [4.69, 9.17) is 30.2 Å². The Kier molecular flexibility index (Phi) is 6.98. The van der Waals surface area contributed by atoms with Crippen molar-refractivity contribution in [2.45, 2.75) is 6.04 Å². The number of carbonyl (C=O) groups is 1. The van der Waals surface area contributed by atoms with Crippen LogP contribution in [0.1, 0.15) is 27.9 Å². The average molecular weight is 480 g/mol. The zero-order valence-electron chi connectivity index (χ0n) is 18.7. The molecule has 34 heavy (non-hydrogen) atoms. The van der Waals surface area contributed by atoms with Crippen molar-refractivity contribution in [3.05, 3.63) is 88.8 Å². The molecule has 1 amide bonds. The first-order chi connectivity index (χ1) is 16.5. The number of amides is 1. The summed E-state index contributed by atoms with van der Waals surface area (Å²) in [5.41, 5.74) is 1.65. The Morgan fingerprint density at radius 2 is 1.56 bits per heavy atom. The first-order valence-corrected chi connectivity index (χ1v) is 10.7. The Morgan fingerprint density at radius 3 is 2.18 bits per heavy atom. The minimum Gasteiger partial charge on any atom is -0.493 e. The molecule has 8 nitrogen and oxygen atoms in total. The van der Waals surface area contributed by atoms with Gasteiger partial charge in [0, 0.05) is 21.7 Å². The summed E-state index contributed by atoms with van der Waals surface area (Å²) in [6.07, 6.45) is 0. The Bertz CT molecular complexity index is 1270. The summed E-state index contributed by atoms with van der Waals surface area (Å²) in [5.74, 6) is 1.18. The van der Waals surface area contributed by atoms with Crippen molar-refractivity contribution >= 4 is 17.5 Å². The van der Waals surface area contributed by atoms with Gasteiger partial charge >= 0.3 is 0 Å². The van der Waals surface area contributed by atoms with Gasteiger partial charge in [-0.2, -0.15) is 0 Å². The van der Waals surface area contributed by atoms with Crippen LogP contribution in [-0.2, 0) is 0 Å². The fraction of sp³-hybridized carbons (Fsp3) is 0.160. The quantitative estimate of drug-likeness (QED) is 0.382. The largest absolute Gasteiger partial charge is 0.493 e. The van der Waals surface area contributed by atoms with Crippen molar-refractivity contribution in [1.29, 1.82) is 0 Å². The van der Waals surface area contributed by atoms with Crippen molar-refractivity contribution in [1.82, 2.24) is 15.5 Å². The number of ether oxygens (including phenoxy) is 3. The summed E-state index contributed by atoms with van der Waals surface area (Å²) in [7, 11) is 4.46. The van der Waals surface area contributed by atoms with Crippen molar-refractivity contribution in [2.24, 2.45) is 0 Å². The molecule has 0 saturated heterocycles. The highest BCUT2D eigenvalue weighted by Crippen LogP contribution is 2.38. The second-order valence-corrected chi connectivity index (χ2v) is 7.56. The highest BCUT2D eigenvalue weighted by molar-refractivity contribution is 6.31. The van der Waals surface area contributed by atoms with Gasteiger partial charge in [0.1, 0.15) is 6.04 Å². The van der Waals surface area contributed by atoms with Gasteiger partial charge < -0.3 is 23.9 Å². The number of halogens is 1. The molecule has 1 atom stereocenters. The minimum atomic E-state index is -0.801. The van der Waals surface area contributed by atoms with Gasteiger partial charge in [-0.25, -0.2) is 0 Å². The molecule has 0 bridgehead atoms. The van der Waals surface area contributed by atoms with Gasteiger partial charge in [0.15, 0.2) is 11.5 Å². The van der Waals surface area contributed by atoms with Crippen LogP contribution in [0.15, 0.2) is 71.1 Å². The Hall–Kier alpha value is -4.04. The minimum absolute atomic E-state index is 0.188. The Balaban J connectivity index is 1.73. The maximum atomic E-state index is 13.3.